The molecule has 3 heterocycles. The van der Waals surface area contributed by atoms with E-state index in [0.717, 1.165) is 66.1 Å². The van der Waals surface area contributed by atoms with Gasteiger partial charge in [-0.3, -0.25) is 57.5 Å². The number of likely N-dealkylation sites (tertiary alicyclic amines) is 1. The van der Waals surface area contributed by atoms with Gasteiger partial charge in [0.05, 0.1) is 26.1 Å². The average molecular weight is 1420 g/mol. The predicted molar refractivity (Wildman–Crippen MR) is 359 cm³/mol. The molecule has 12 amide bonds. The first-order valence-corrected chi connectivity index (χ1v) is 36.0. The largest absolute Gasteiger partial charge is 0.422 e. The van der Waals surface area contributed by atoms with Gasteiger partial charge in [-0.15, -0.1) is 0 Å². The van der Waals surface area contributed by atoms with E-state index in [1.54, 1.807) is 11.8 Å². The first kappa shape index (κ1) is 79.8. The molecular weight excluding hydrogens is 1310 g/mol. The standard InChI is InChI=1S/C71H107F5N12O12/c1-12-44(4)60-67(98)82(7)41-57(91)80(5)42-58(92)84(9)53(38-45-23-15-13-16-24-45)65(96)81(6)40-55(89)77-50(29-28-46-36-48(72)59(49(73)37-46)71(74,75)76)64(95)88-34-21-27-51(88)63(94)79-70(30-22-31-70)69(100)86(11)61(47-25-17-14-18-26-47)68(99)85(10)54(66(97)87-32-19-20-33-87)39-56(90)83(8)52(35-43(2)3)62(93)78-60/h36-37,43-45,47,50-54,60-61H,12-35,38-42H2,1-11H3,(H,77,89)(H,78,93)(H,79,94)/t44-,50-,51-,52-,53-,54-,60-,61-/m0/s1. The fraction of sp³-hybridized carbons (Fsp3) is 0.746. The van der Waals surface area contributed by atoms with Crippen LogP contribution in [0.15, 0.2) is 12.1 Å². The Morgan fingerprint density at radius 3 is 1.75 bits per heavy atom. The number of likely N-dealkylation sites (N-methyl/N-ethyl adjacent to an activating group) is 7. The van der Waals surface area contributed by atoms with Gasteiger partial charge >= 0.3 is 6.18 Å². The van der Waals surface area contributed by atoms with E-state index in [1.807, 2.05) is 20.8 Å². The van der Waals surface area contributed by atoms with E-state index < -0.39 is 193 Å². The molecule has 0 bridgehead atoms. The lowest BCUT2D eigenvalue weighted by Gasteiger charge is -2.47. The molecule has 24 nitrogen and oxygen atoms in total. The minimum atomic E-state index is -5.38. The SMILES string of the molecule is CC[C@H](C)[C@@H]1NC(=O)[C@H](CC(C)C)N(C)C(=O)C[C@@H](C(=O)N2CCCC2)N(C)C(=O)[C@H](C2CCCCC2)N(C)C(=O)C2(CCC2)NC(=O)[C@@H]2CCCN2C(=O)[C@H](CCc2cc(F)c(C(F)(F)F)c(F)c2)NC(=O)CN(C)C(=O)[C@H](CC2CCCCC2)N(C)C(=O)CN(C)C(=O)CN(C)C1=O. The highest BCUT2D eigenvalue weighted by Crippen LogP contribution is 2.39. The van der Waals surface area contributed by atoms with E-state index >= 15 is 28.0 Å². The Morgan fingerprint density at radius 1 is 0.600 bits per heavy atom. The van der Waals surface area contributed by atoms with E-state index in [1.165, 1.54) is 73.8 Å². The van der Waals surface area contributed by atoms with Crippen LogP contribution in [0.4, 0.5) is 22.0 Å². The topological polar surface area (TPSA) is 270 Å². The maximum absolute atomic E-state index is 15.7. The van der Waals surface area contributed by atoms with E-state index in [2.05, 4.69) is 16.0 Å². The quantitative estimate of drug-likeness (QED) is 0.239. The van der Waals surface area contributed by atoms with Crippen molar-refractivity contribution in [1.29, 1.82) is 0 Å². The fourth-order valence-corrected chi connectivity index (χ4v) is 15.3. The van der Waals surface area contributed by atoms with Crippen molar-refractivity contribution in [3.05, 3.63) is 34.9 Å². The number of halogens is 5. The number of rotatable bonds is 11. The summed E-state index contributed by atoms with van der Waals surface area (Å²) in [6, 6.07) is -8.19. The molecule has 0 aromatic heterocycles. The van der Waals surface area contributed by atoms with Crippen molar-refractivity contribution >= 4 is 70.9 Å². The number of hydrogen-bond acceptors (Lipinski definition) is 12. The molecule has 3 N–H and O–H groups in total. The molecule has 0 radical (unpaired) electrons. The summed E-state index contributed by atoms with van der Waals surface area (Å²) in [5.41, 5.74) is -4.02. The van der Waals surface area contributed by atoms with Crippen molar-refractivity contribution < 1.29 is 79.5 Å². The van der Waals surface area contributed by atoms with Gasteiger partial charge in [-0.25, -0.2) is 8.78 Å². The van der Waals surface area contributed by atoms with Crippen molar-refractivity contribution in [2.45, 2.75) is 229 Å². The maximum atomic E-state index is 15.7. The second kappa shape index (κ2) is 34.9. The minimum absolute atomic E-state index is 0.0245. The van der Waals surface area contributed by atoms with E-state index in [-0.39, 0.29) is 62.5 Å². The molecule has 3 saturated heterocycles. The molecule has 3 aliphatic carbocycles. The monoisotopic (exact) mass is 1410 g/mol. The van der Waals surface area contributed by atoms with E-state index in [0.29, 0.717) is 63.7 Å². The summed E-state index contributed by atoms with van der Waals surface area (Å²) in [6.45, 7) is 6.09. The number of hydrogen-bond donors (Lipinski definition) is 3. The molecule has 3 aliphatic heterocycles. The second-order valence-electron chi connectivity index (χ2n) is 29.6. The molecular formula is C71H107F5N12O12. The Labute approximate surface area is 584 Å². The van der Waals surface area contributed by atoms with Crippen LogP contribution in [0.3, 0.4) is 0 Å². The number of fused-ring (bicyclic) bond motifs is 1. The molecule has 558 valence electrons. The molecule has 1 spiro atoms. The Balaban J connectivity index is 1.28. The molecule has 3 saturated carbocycles. The van der Waals surface area contributed by atoms with E-state index in [4.69, 9.17) is 0 Å². The summed E-state index contributed by atoms with van der Waals surface area (Å²) < 4.78 is 71.3. The first-order chi connectivity index (χ1) is 47.1. The summed E-state index contributed by atoms with van der Waals surface area (Å²) in [5.74, 6) is -13.3. The number of carbonyl (C=O) groups is 12. The normalized spacial score (nSPS) is 26.7. The van der Waals surface area contributed by atoms with Crippen molar-refractivity contribution in [2.24, 2.45) is 23.7 Å². The zero-order valence-electron chi connectivity index (χ0n) is 60.3. The van der Waals surface area contributed by atoms with Gasteiger partial charge in [-0.2, -0.15) is 13.2 Å². The molecule has 29 heteroatoms. The third kappa shape index (κ3) is 19.4. The van der Waals surface area contributed by atoms with Crippen LogP contribution in [0.2, 0.25) is 0 Å². The summed E-state index contributed by atoms with van der Waals surface area (Å²) in [7, 11) is 9.74. The summed E-state index contributed by atoms with van der Waals surface area (Å²) >= 11 is 0. The highest BCUT2D eigenvalue weighted by molar-refractivity contribution is 6.01. The van der Waals surface area contributed by atoms with Gasteiger partial charge in [0.2, 0.25) is 70.9 Å². The first-order valence-electron chi connectivity index (χ1n) is 36.0. The number of aryl methyl sites for hydroxylation is 1. The van der Waals surface area contributed by atoms with Gasteiger partial charge in [0, 0.05) is 69.0 Å². The third-order valence-electron chi connectivity index (χ3n) is 21.9. The Bertz CT molecular complexity index is 3130. The van der Waals surface area contributed by atoms with Crippen molar-refractivity contribution in [3.8, 4) is 0 Å². The van der Waals surface area contributed by atoms with Crippen LogP contribution in [0.1, 0.15) is 180 Å². The van der Waals surface area contributed by atoms with Crippen molar-refractivity contribution in [3.63, 3.8) is 0 Å². The van der Waals surface area contributed by atoms with Gasteiger partial charge in [0.1, 0.15) is 65.0 Å². The third-order valence-corrected chi connectivity index (χ3v) is 21.9. The summed E-state index contributed by atoms with van der Waals surface area (Å²) in [5, 5.41) is 8.47. The van der Waals surface area contributed by atoms with Gasteiger partial charge in [-0.05, 0) is 125 Å². The predicted octanol–water partition coefficient (Wildman–Crippen LogP) is 5.27. The van der Waals surface area contributed by atoms with E-state index in [9.17, 15) is 51.5 Å². The molecule has 1 aromatic rings. The lowest BCUT2D eigenvalue weighted by atomic mass is 9.74. The molecule has 0 unspecified atom stereocenters. The van der Waals surface area contributed by atoms with Gasteiger partial charge in [0.25, 0.3) is 0 Å². The lowest BCUT2D eigenvalue weighted by molar-refractivity contribution is -0.158. The molecule has 100 heavy (non-hydrogen) atoms. The number of nitrogens with one attached hydrogen (secondary N) is 3. The zero-order chi connectivity index (χ0) is 73.8. The highest BCUT2D eigenvalue weighted by Gasteiger charge is 2.53. The van der Waals surface area contributed by atoms with Crippen LogP contribution in [0.25, 0.3) is 0 Å². The Hall–Kier alpha value is -7.49. The molecule has 6 fully saturated rings. The van der Waals surface area contributed by atoms with Gasteiger partial charge in [0.15, 0.2) is 0 Å². The summed E-state index contributed by atoms with van der Waals surface area (Å²) in [4.78, 5) is 189. The van der Waals surface area contributed by atoms with Crippen LogP contribution in [-0.2, 0) is 70.1 Å². The smallest absolute Gasteiger partial charge is 0.343 e. The molecule has 8 atom stereocenters. The Morgan fingerprint density at radius 2 is 1.18 bits per heavy atom. The zero-order valence-corrected chi connectivity index (χ0v) is 60.3. The van der Waals surface area contributed by atoms with Crippen molar-refractivity contribution in [2.75, 3.05) is 88.6 Å². The number of benzene rings is 1. The number of alkyl halides is 3. The van der Waals surface area contributed by atoms with Crippen molar-refractivity contribution in [1.82, 2.24) is 60.0 Å². The second-order valence-corrected chi connectivity index (χ2v) is 29.6. The number of nitrogens with zero attached hydrogens (tertiary/aromatic N) is 9. The lowest BCUT2D eigenvalue weighted by Crippen LogP contribution is -2.68. The summed E-state index contributed by atoms with van der Waals surface area (Å²) in [6.07, 6.45) is 3.66. The van der Waals surface area contributed by atoms with Crippen LogP contribution in [0, 0.1) is 35.3 Å². The molecule has 7 rings (SSSR count). The van der Waals surface area contributed by atoms with Gasteiger partial charge < -0.3 is 60.0 Å². The highest BCUT2D eigenvalue weighted by atomic mass is 19.4. The van der Waals surface area contributed by atoms with Gasteiger partial charge in [-0.1, -0.05) is 85.5 Å². The average Bonchev–Trinajstić information content (AvgIpc) is 1.05. The maximum Gasteiger partial charge on any atom is 0.422 e. The molecule has 1 aromatic carbocycles. The van der Waals surface area contributed by atoms with Crippen LogP contribution in [-0.4, -0.2) is 251 Å². The number of carbonyl (C=O) groups excluding carboxylic acids is 12. The Kier molecular flexibility index (Phi) is 27.9. The van der Waals surface area contributed by atoms with Crippen LogP contribution < -0.4 is 16.0 Å². The molecule has 6 aliphatic rings. The fourth-order valence-electron chi connectivity index (χ4n) is 15.3. The van der Waals surface area contributed by atoms with Crippen LogP contribution >= 0.6 is 0 Å². The minimum Gasteiger partial charge on any atom is -0.343 e. The van der Waals surface area contributed by atoms with Crippen LogP contribution in [0.5, 0.6) is 0 Å². The number of amides is 12.